The van der Waals surface area contributed by atoms with Crippen molar-refractivity contribution in [1.82, 2.24) is 4.98 Å². The van der Waals surface area contributed by atoms with Gasteiger partial charge >= 0.3 is 0 Å². The molecule has 5 nitrogen and oxygen atoms in total. The zero-order valence-electron chi connectivity index (χ0n) is 14.2. The Bertz CT molecular complexity index is 840. The lowest BCUT2D eigenvalue weighted by atomic mass is 9.72. The predicted molar refractivity (Wildman–Crippen MR) is 95.4 cm³/mol. The molecule has 0 radical (unpaired) electrons. The van der Waals surface area contributed by atoms with Gasteiger partial charge in [0.15, 0.2) is 11.6 Å². The molecular formula is C17H20F2N4OS. The number of amidine groups is 1. The highest BCUT2D eigenvalue weighted by atomic mass is 32.2. The van der Waals surface area contributed by atoms with Gasteiger partial charge in [-0.2, -0.15) is 0 Å². The predicted octanol–water partition coefficient (Wildman–Crippen LogP) is 3.48. The third kappa shape index (κ3) is 2.59. The van der Waals surface area contributed by atoms with Crippen molar-refractivity contribution in [3.05, 3.63) is 47.4 Å². The van der Waals surface area contributed by atoms with Crippen molar-refractivity contribution in [3.8, 4) is 0 Å². The zero-order chi connectivity index (χ0) is 18.4. The number of anilines is 1. The number of nitrogen functional groups attached to an aromatic ring is 1. The number of halogens is 2. The summed E-state index contributed by atoms with van der Waals surface area (Å²) in [5.41, 5.74) is 11.5. The molecule has 0 fully saturated rings. The van der Waals surface area contributed by atoms with E-state index in [1.807, 2.05) is 13.8 Å². The maximum Gasteiger partial charge on any atom is 0.181 e. The van der Waals surface area contributed by atoms with Gasteiger partial charge in [0.1, 0.15) is 23.8 Å². The van der Waals surface area contributed by atoms with Gasteiger partial charge in [-0.15, -0.1) is 0 Å². The molecule has 4 N–H and O–H groups in total. The summed E-state index contributed by atoms with van der Waals surface area (Å²) in [5.74, 6) is -0.478. The summed E-state index contributed by atoms with van der Waals surface area (Å²) in [6.07, 6.45) is 1.34. The second kappa shape index (κ2) is 6.01. The number of nitrogens with zero attached hydrogens (tertiary/aromatic N) is 2. The molecule has 1 aromatic carbocycles. The van der Waals surface area contributed by atoms with Crippen LogP contribution in [0.3, 0.4) is 0 Å². The van der Waals surface area contributed by atoms with E-state index in [2.05, 4.69) is 9.98 Å². The van der Waals surface area contributed by atoms with Crippen LogP contribution in [0.5, 0.6) is 0 Å². The Kier molecular flexibility index (Phi) is 4.26. The highest BCUT2D eigenvalue weighted by molar-refractivity contribution is 8.14. The Labute approximate surface area is 148 Å². The molecule has 0 amide bonds. The minimum atomic E-state index is -1.50. The van der Waals surface area contributed by atoms with Crippen LogP contribution in [-0.2, 0) is 10.3 Å². The molecule has 25 heavy (non-hydrogen) atoms. The molecule has 1 aliphatic rings. The average Bonchev–Trinajstić information content (AvgIpc) is 3.00. The lowest BCUT2D eigenvalue weighted by molar-refractivity contribution is 0.171. The van der Waals surface area contributed by atoms with Crippen LogP contribution in [-0.4, -0.2) is 16.8 Å². The summed E-state index contributed by atoms with van der Waals surface area (Å²) in [6.45, 7) is 4.58. The molecule has 3 atom stereocenters. The molecule has 134 valence electrons. The molecule has 0 bridgehead atoms. The van der Waals surface area contributed by atoms with Crippen LogP contribution >= 0.6 is 11.8 Å². The van der Waals surface area contributed by atoms with Crippen LogP contribution in [0.15, 0.2) is 34.0 Å². The topological polar surface area (TPSA) is 90.4 Å². The molecule has 0 unspecified atom stereocenters. The van der Waals surface area contributed by atoms with Gasteiger partial charge in [0.05, 0.1) is 10.4 Å². The SMILES string of the molecule is Cc1ncoc1[C@@]1(C)SC(N)=N[C@](CF)(c2cc(N)ccc2F)[C@@H]1C. The first kappa shape index (κ1) is 17.7. The zero-order valence-corrected chi connectivity index (χ0v) is 15.0. The second-order valence-electron chi connectivity index (χ2n) is 6.44. The highest BCUT2D eigenvalue weighted by Gasteiger charge is 2.55. The molecule has 0 aliphatic carbocycles. The summed E-state index contributed by atoms with van der Waals surface area (Å²) >= 11 is 1.26. The van der Waals surface area contributed by atoms with E-state index in [-0.39, 0.29) is 10.7 Å². The number of nitrogens with two attached hydrogens (primary N) is 2. The van der Waals surface area contributed by atoms with E-state index < -0.39 is 28.7 Å². The number of oxazole rings is 1. The van der Waals surface area contributed by atoms with E-state index in [1.54, 1.807) is 6.92 Å². The first-order valence-electron chi connectivity index (χ1n) is 7.81. The van der Waals surface area contributed by atoms with Crippen LogP contribution in [0.1, 0.15) is 30.9 Å². The van der Waals surface area contributed by atoms with E-state index in [0.717, 1.165) is 0 Å². The summed E-state index contributed by atoms with van der Waals surface area (Å²) in [5, 5.41) is 0.163. The summed E-state index contributed by atoms with van der Waals surface area (Å²) in [4.78, 5) is 8.47. The molecule has 2 heterocycles. The van der Waals surface area contributed by atoms with Gasteiger partial charge in [0, 0.05) is 17.2 Å². The minimum Gasteiger partial charge on any atom is -0.447 e. The molecule has 0 saturated carbocycles. The molecular weight excluding hydrogens is 346 g/mol. The van der Waals surface area contributed by atoms with Gasteiger partial charge in [-0.05, 0) is 32.0 Å². The standard InChI is InChI=1S/C17H20F2N4OS/c1-9-14(24-8-22-9)16(3)10(2)17(7-18,23-15(21)25-16)12-6-11(20)4-5-13(12)19/h4-6,8,10H,7,20H2,1-3H3,(H2,21,23)/t10-,16+,17+/m1/s1. The molecule has 1 aliphatic heterocycles. The van der Waals surface area contributed by atoms with Crippen molar-refractivity contribution >= 4 is 22.6 Å². The Hall–Kier alpha value is -2.09. The van der Waals surface area contributed by atoms with E-state index in [9.17, 15) is 8.78 Å². The normalized spacial score (nSPS) is 29.5. The van der Waals surface area contributed by atoms with Crippen molar-refractivity contribution < 1.29 is 13.2 Å². The second-order valence-corrected chi connectivity index (χ2v) is 7.92. The van der Waals surface area contributed by atoms with Gasteiger partial charge in [0.2, 0.25) is 0 Å². The van der Waals surface area contributed by atoms with Crippen LogP contribution in [0.4, 0.5) is 14.5 Å². The fourth-order valence-electron chi connectivity index (χ4n) is 3.48. The van der Waals surface area contributed by atoms with Crippen molar-refractivity contribution in [2.45, 2.75) is 31.1 Å². The van der Waals surface area contributed by atoms with Gasteiger partial charge in [0.25, 0.3) is 0 Å². The van der Waals surface area contributed by atoms with Crippen molar-refractivity contribution in [2.75, 3.05) is 12.4 Å². The molecule has 3 rings (SSSR count). The van der Waals surface area contributed by atoms with E-state index >= 15 is 0 Å². The molecule has 0 saturated heterocycles. The molecule has 0 spiro atoms. The van der Waals surface area contributed by atoms with Crippen LogP contribution in [0.25, 0.3) is 0 Å². The van der Waals surface area contributed by atoms with Gasteiger partial charge in [-0.1, -0.05) is 18.7 Å². The number of thioether (sulfide) groups is 1. The third-order valence-corrected chi connectivity index (χ3v) is 6.29. The number of aromatic nitrogens is 1. The largest absolute Gasteiger partial charge is 0.447 e. The molecule has 8 heteroatoms. The van der Waals surface area contributed by atoms with Crippen LogP contribution < -0.4 is 11.5 Å². The number of rotatable bonds is 3. The fourth-order valence-corrected chi connectivity index (χ4v) is 4.79. The fraction of sp³-hybridized carbons (Fsp3) is 0.412. The van der Waals surface area contributed by atoms with Gasteiger partial charge in [-0.25, -0.2) is 18.8 Å². The van der Waals surface area contributed by atoms with Crippen LogP contribution in [0.2, 0.25) is 0 Å². The van der Waals surface area contributed by atoms with Crippen molar-refractivity contribution in [2.24, 2.45) is 16.6 Å². The maximum atomic E-state index is 14.6. The smallest absolute Gasteiger partial charge is 0.181 e. The van der Waals surface area contributed by atoms with E-state index in [0.29, 0.717) is 17.1 Å². The van der Waals surface area contributed by atoms with Gasteiger partial charge < -0.3 is 15.9 Å². The first-order chi connectivity index (χ1) is 11.7. The number of alkyl halides is 1. The quantitative estimate of drug-likeness (QED) is 0.812. The van der Waals surface area contributed by atoms with Gasteiger partial charge in [-0.3, -0.25) is 0 Å². The number of hydrogen-bond acceptors (Lipinski definition) is 6. The van der Waals surface area contributed by atoms with Crippen molar-refractivity contribution in [1.29, 1.82) is 0 Å². The van der Waals surface area contributed by atoms with E-state index in [4.69, 9.17) is 15.9 Å². The Morgan fingerprint density at radius 1 is 1.36 bits per heavy atom. The number of hydrogen-bond donors (Lipinski definition) is 2. The van der Waals surface area contributed by atoms with Crippen molar-refractivity contribution in [3.63, 3.8) is 0 Å². The monoisotopic (exact) mass is 366 g/mol. The summed E-state index contributed by atoms with van der Waals surface area (Å²) < 4.78 is 33.8. The van der Waals surface area contributed by atoms with E-state index in [1.165, 1.54) is 36.4 Å². The minimum absolute atomic E-state index is 0.0918. The number of aliphatic imine (C=N–C) groups is 1. The number of aryl methyl sites for hydroxylation is 1. The molecule has 1 aromatic heterocycles. The molecule has 2 aromatic rings. The first-order valence-corrected chi connectivity index (χ1v) is 8.62. The summed E-state index contributed by atoms with van der Waals surface area (Å²) in [6, 6.07) is 4.07. The Morgan fingerprint density at radius 2 is 2.08 bits per heavy atom. The number of benzene rings is 1. The maximum absolute atomic E-state index is 14.6. The lowest BCUT2D eigenvalue weighted by Crippen LogP contribution is -2.50. The Morgan fingerprint density at radius 3 is 2.68 bits per heavy atom. The lowest BCUT2D eigenvalue weighted by Gasteiger charge is -2.46. The third-order valence-electron chi connectivity index (χ3n) is 5.03. The average molecular weight is 366 g/mol. The Balaban J connectivity index is 2.25. The summed E-state index contributed by atoms with van der Waals surface area (Å²) in [7, 11) is 0. The van der Waals surface area contributed by atoms with Crippen LogP contribution in [0, 0.1) is 18.7 Å². The highest BCUT2D eigenvalue weighted by Crippen LogP contribution is 2.56.